The Balaban J connectivity index is 1.04. The minimum Gasteiger partial charge on any atom is -0.497 e. The summed E-state index contributed by atoms with van der Waals surface area (Å²) in [6, 6.07) is 12.5. The van der Waals surface area contributed by atoms with Crippen molar-refractivity contribution in [2.24, 2.45) is 0 Å². The molecule has 7 atom stereocenters. The number of aliphatic carboxylic acids is 1. The summed E-state index contributed by atoms with van der Waals surface area (Å²) >= 11 is 0. The van der Waals surface area contributed by atoms with Crippen molar-refractivity contribution >= 4 is 80.9 Å². The van der Waals surface area contributed by atoms with Crippen LogP contribution >= 0.6 is 0 Å². The first-order valence-corrected chi connectivity index (χ1v) is 31.2. The van der Waals surface area contributed by atoms with E-state index in [4.69, 9.17) is 4.74 Å². The maximum absolute atomic E-state index is 15.1. The fourth-order valence-electron chi connectivity index (χ4n) is 11.8. The van der Waals surface area contributed by atoms with Crippen molar-refractivity contribution < 1.29 is 66.6 Å². The summed E-state index contributed by atoms with van der Waals surface area (Å²) in [5, 5.41) is 32.7. The number of aromatic amines is 3. The van der Waals surface area contributed by atoms with Gasteiger partial charge < -0.3 is 72.2 Å². The molecule has 1 saturated heterocycles. The van der Waals surface area contributed by atoms with Gasteiger partial charge in [0.2, 0.25) is 53.2 Å². The van der Waals surface area contributed by atoms with Crippen LogP contribution in [0.2, 0.25) is 0 Å². The van der Waals surface area contributed by atoms with E-state index >= 15 is 4.79 Å². The number of carboxylic acid groups (broad SMARTS) is 1. The molecule has 1 fully saturated rings. The number of benzene rings is 4. The third kappa shape index (κ3) is 17.8. The third-order valence-electron chi connectivity index (χ3n) is 17.1. The lowest BCUT2D eigenvalue weighted by molar-refractivity contribution is -0.146. The molecule has 6 heterocycles. The van der Waals surface area contributed by atoms with Gasteiger partial charge in [0.15, 0.2) is 0 Å². The van der Waals surface area contributed by atoms with Gasteiger partial charge in [-0.1, -0.05) is 42.8 Å². The summed E-state index contributed by atoms with van der Waals surface area (Å²) in [6.07, 6.45) is 6.12. The number of imidazole rings is 1. The van der Waals surface area contributed by atoms with Gasteiger partial charge in [-0.2, -0.15) is 0 Å². The SMILES string of the molecule is COc1ccc(C[C@@H]2NC(=O)[C@H](Cc3cnc[nH]3)NC(=O)[C@H](CC(=O)O)NC(=O)[C@H](Cc3c[nH]c4ccc(F)cc34)NC(=O)[C@H](Cc3c[nH]c4ccc(F)cc34)NC(=O)[C@H](C)NC(=O)CCCCCC(=O)NCc3ccc(cc3)CCNC(=O)[C@]3(C)CCCN3C2=O)cc1. The number of hydrogen-bond acceptors (Lipinski definition) is 12. The molecule has 25 nitrogen and oxygen atoms in total. The van der Waals surface area contributed by atoms with Crippen molar-refractivity contribution in [1.82, 2.24) is 67.4 Å². The highest BCUT2D eigenvalue weighted by Gasteiger charge is 2.48. The zero-order valence-corrected chi connectivity index (χ0v) is 52.3. The van der Waals surface area contributed by atoms with Crippen LogP contribution in [-0.2, 0) is 86.6 Å². The average Bonchev–Trinajstić information content (AvgIpc) is 1.55. The highest BCUT2D eigenvalue weighted by Crippen LogP contribution is 2.31. The number of amides is 9. The van der Waals surface area contributed by atoms with Crippen LogP contribution in [-0.4, -0.2) is 151 Å². The summed E-state index contributed by atoms with van der Waals surface area (Å²) < 4.78 is 35.0. The van der Waals surface area contributed by atoms with E-state index in [0.29, 0.717) is 76.5 Å². The lowest BCUT2D eigenvalue weighted by atomic mass is 9.95. The molecule has 27 heteroatoms. The van der Waals surface area contributed by atoms with Crippen LogP contribution in [0.1, 0.15) is 98.7 Å². The molecular weight excluding hydrogens is 1220 g/mol. The first kappa shape index (κ1) is 67.9. The number of H-pyrrole nitrogens is 3. The Labute approximate surface area is 539 Å². The lowest BCUT2D eigenvalue weighted by Crippen LogP contribution is -2.62. The average molecular weight is 1290 g/mol. The monoisotopic (exact) mass is 1290 g/mol. The van der Waals surface area contributed by atoms with Crippen LogP contribution in [0, 0.1) is 11.6 Å². The van der Waals surface area contributed by atoms with Gasteiger partial charge in [0, 0.05) is 104 Å². The second kappa shape index (κ2) is 31.2. The predicted octanol–water partition coefficient (Wildman–Crippen LogP) is 3.65. The first-order chi connectivity index (χ1) is 45.1. The standard InChI is InChI=1S/C67H77F2N13O12/c1-38-60(87)77-52(27-42-34-72-50-20-16-44(68)29-48(42)50)61(88)78-53(28-43-35-73-51-21-17-45(69)30-49(43)51)62(89)80-55(32-59(85)86)64(91)79-54(31-46-36-70-37-75-46)63(90)81-56(26-40-14-18-47(94-3)19-15-40)65(92)82-25-7-23-67(82,2)66(93)71-24-22-39-10-12-41(13-11-39)33-74-57(83)8-5-4-6-9-58(84)76-38/h10-21,29-30,34-38,52-56,72-73H,4-9,22-28,31-33H2,1-3H3,(H,70,75)(H,71,93)(H,74,83)(H,76,84)(H,77,87)(H,78,88)(H,79,91)(H,80,89)(H,81,90)(H,85,86)/t38-,52-,53-,54-,55-,56-,67-/m0/s1. The van der Waals surface area contributed by atoms with E-state index in [-0.39, 0.29) is 69.6 Å². The zero-order valence-electron chi connectivity index (χ0n) is 52.3. The Morgan fingerprint density at radius 1 is 0.606 bits per heavy atom. The molecule has 3 aromatic heterocycles. The summed E-state index contributed by atoms with van der Waals surface area (Å²) in [5.41, 5.74) is 2.82. The summed E-state index contributed by atoms with van der Waals surface area (Å²) in [5.74, 6) is -9.14. The Bertz CT molecular complexity index is 3900. The van der Waals surface area contributed by atoms with Gasteiger partial charge in [-0.3, -0.25) is 47.9 Å². The number of nitrogens with one attached hydrogen (secondary N) is 11. The van der Waals surface area contributed by atoms with E-state index in [1.165, 1.54) is 80.2 Å². The van der Waals surface area contributed by atoms with Crippen molar-refractivity contribution in [3.8, 4) is 5.75 Å². The van der Waals surface area contributed by atoms with Crippen molar-refractivity contribution in [1.29, 1.82) is 0 Å². The molecule has 7 aromatic rings. The molecular formula is C67H77F2N13O12. The fourth-order valence-corrected chi connectivity index (χ4v) is 11.8. The normalized spacial score (nSPS) is 22.6. The number of ether oxygens (including phenoxy) is 1. The molecule has 3 aliphatic rings. The first-order valence-electron chi connectivity index (χ1n) is 31.2. The van der Waals surface area contributed by atoms with E-state index in [2.05, 4.69) is 62.5 Å². The summed E-state index contributed by atoms with van der Waals surface area (Å²) in [4.78, 5) is 156. The van der Waals surface area contributed by atoms with Crippen LogP contribution in [0.25, 0.3) is 21.8 Å². The maximum Gasteiger partial charge on any atom is 0.305 e. The van der Waals surface area contributed by atoms with Crippen LogP contribution in [0.4, 0.5) is 8.78 Å². The van der Waals surface area contributed by atoms with E-state index in [0.717, 1.165) is 11.1 Å². The van der Waals surface area contributed by atoms with E-state index in [1.54, 1.807) is 31.2 Å². The quantitative estimate of drug-likeness (QED) is 0.0824. The van der Waals surface area contributed by atoms with Crippen molar-refractivity contribution in [3.05, 3.63) is 155 Å². The number of aromatic nitrogens is 4. The van der Waals surface area contributed by atoms with Gasteiger partial charge in [0.05, 0.1) is 19.9 Å². The summed E-state index contributed by atoms with van der Waals surface area (Å²) in [6.45, 7) is 3.67. The van der Waals surface area contributed by atoms with Gasteiger partial charge in [-0.15, -0.1) is 0 Å². The van der Waals surface area contributed by atoms with Gasteiger partial charge in [0.25, 0.3) is 0 Å². The number of methoxy groups -OCH3 is 1. The number of rotatable bonds is 11. The fraction of sp³-hybridized carbons (Fsp3) is 0.388. The largest absolute Gasteiger partial charge is 0.497 e. The van der Waals surface area contributed by atoms with E-state index in [1.807, 2.05) is 24.3 Å². The van der Waals surface area contributed by atoms with Gasteiger partial charge in [-0.05, 0) is 122 Å². The molecule has 94 heavy (non-hydrogen) atoms. The highest BCUT2D eigenvalue weighted by atomic mass is 19.1. The number of carbonyl (C=O) groups excluding carboxylic acids is 9. The zero-order chi connectivity index (χ0) is 67.1. The molecule has 0 unspecified atom stereocenters. The predicted molar refractivity (Wildman–Crippen MR) is 340 cm³/mol. The Morgan fingerprint density at radius 2 is 1.16 bits per heavy atom. The maximum atomic E-state index is 15.1. The van der Waals surface area contributed by atoms with Crippen molar-refractivity contribution in [2.75, 3.05) is 20.2 Å². The van der Waals surface area contributed by atoms with Crippen LogP contribution in [0.15, 0.2) is 110 Å². The molecule has 9 amide bonds. The second-order valence-electron chi connectivity index (χ2n) is 24.0. The van der Waals surface area contributed by atoms with Gasteiger partial charge >= 0.3 is 5.97 Å². The second-order valence-corrected chi connectivity index (χ2v) is 24.0. The molecule has 0 spiro atoms. The van der Waals surface area contributed by atoms with Crippen LogP contribution in [0.3, 0.4) is 0 Å². The Hall–Kier alpha value is -10.5. The van der Waals surface area contributed by atoms with Crippen molar-refractivity contribution in [2.45, 2.75) is 146 Å². The van der Waals surface area contributed by atoms with E-state index < -0.39 is 119 Å². The number of halogens is 2. The topological polar surface area (TPSA) is 360 Å². The molecule has 0 saturated carbocycles. The number of nitrogens with zero attached hydrogens (tertiary/aromatic N) is 2. The van der Waals surface area contributed by atoms with Gasteiger partial charge in [-0.25, -0.2) is 13.8 Å². The molecule has 12 N–H and O–H groups in total. The minimum absolute atomic E-state index is 0.00309. The van der Waals surface area contributed by atoms with Crippen LogP contribution < -0.4 is 47.3 Å². The Morgan fingerprint density at radius 3 is 1.74 bits per heavy atom. The Kier molecular flexibility index (Phi) is 22.6. The molecule has 2 bridgehead atoms. The minimum atomic E-state index is -1.98. The molecule has 496 valence electrons. The molecule has 0 aliphatic carbocycles. The number of carbonyl (C=O) groups is 10. The molecule has 4 aromatic carbocycles. The van der Waals surface area contributed by atoms with Crippen LogP contribution in [0.5, 0.6) is 5.75 Å². The highest BCUT2D eigenvalue weighted by molar-refractivity contribution is 6.00. The lowest BCUT2D eigenvalue weighted by Gasteiger charge is -2.36. The van der Waals surface area contributed by atoms with E-state index in [9.17, 15) is 57.0 Å². The number of carboxylic acids is 1. The number of hydrogen-bond donors (Lipinski definition) is 12. The molecule has 0 radical (unpaired) electrons. The molecule has 3 aliphatic heterocycles. The summed E-state index contributed by atoms with van der Waals surface area (Å²) in [7, 11) is 1.49. The third-order valence-corrected chi connectivity index (χ3v) is 17.1. The molecule has 10 rings (SSSR count). The van der Waals surface area contributed by atoms with Gasteiger partial charge in [0.1, 0.15) is 59.2 Å². The number of fused-ring (bicyclic) bond motifs is 33. The smallest absolute Gasteiger partial charge is 0.305 e. The van der Waals surface area contributed by atoms with Crippen molar-refractivity contribution in [3.63, 3.8) is 0 Å².